The van der Waals surface area contributed by atoms with Crippen LogP contribution in [0.15, 0.2) is 51.8 Å². The Labute approximate surface area is 160 Å². The van der Waals surface area contributed by atoms with Crippen LogP contribution in [0.5, 0.6) is 5.75 Å². The second-order valence-corrected chi connectivity index (χ2v) is 7.70. The maximum Gasteiger partial charge on any atom is 0.222 e. The minimum absolute atomic E-state index is 0.0442. The van der Waals surface area contributed by atoms with E-state index in [-0.39, 0.29) is 11.7 Å². The lowest BCUT2D eigenvalue weighted by atomic mass is 10.1. The van der Waals surface area contributed by atoms with E-state index in [4.69, 9.17) is 4.74 Å². The van der Waals surface area contributed by atoms with Crippen molar-refractivity contribution in [1.29, 1.82) is 0 Å². The van der Waals surface area contributed by atoms with Gasteiger partial charge in [0.25, 0.3) is 0 Å². The molecule has 0 saturated heterocycles. The number of carbonyl (C=O) groups is 1. The maximum atomic E-state index is 13.4. The minimum Gasteiger partial charge on any atom is -0.496 e. The molecule has 0 saturated carbocycles. The van der Waals surface area contributed by atoms with Gasteiger partial charge in [-0.05, 0) is 54.6 Å². The largest absolute Gasteiger partial charge is 0.496 e. The lowest BCUT2D eigenvalue weighted by Gasteiger charge is -2.19. The van der Waals surface area contributed by atoms with Crippen molar-refractivity contribution in [2.75, 3.05) is 19.9 Å². The number of hydrogen-bond donors (Lipinski definition) is 0. The van der Waals surface area contributed by atoms with Crippen LogP contribution in [-0.2, 0) is 11.3 Å². The molecule has 1 amide bonds. The lowest BCUT2D eigenvalue weighted by molar-refractivity contribution is -0.130. The Morgan fingerprint density at radius 2 is 1.96 bits per heavy atom. The molecule has 2 aromatic rings. The standard InChI is InChI=1S/C19H21BrFNO2S/c1-22(13-14-12-16(21)7-10-18(14)24-2)19(23)4-3-11-25-17-8-5-15(20)6-9-17/h5-10,12H,3-4,11,13H2,1-2H3. The Hall–Kier alpha value is -1.53. The van der Waals surface area contributed by atoms with Gasteiger partial charge in [-0.15, -0.1) is 11.8 Å². The highest BCUT2D eigenvalue weighted by Gasteiger charge is 2.12. The van der Waals surface area contributed by atoms with Gasteiger partial charge in [-0.3, -0.25) is 4.79 Å². The molecule has 0 bridgehead atoms. The van der Waals surface area contributed by atoms with Gasteiger partial charge in [0.2, 0.25) is 5.91 Å². The summed E-state index contributed by atoms with van der Waals surface area (Å²) in [5, 5.41) is 0. The van der Waals surface area contributed by atoms with Gasteiger partial charge >= 0.3 is 0 Å². The average molecular weight is 426 g/mol. The topological polar surface area (TPSA) is 29.5 Å². The monoisotopic (exact) mass is 425 g/mol. The van der Waals surface area contributed by atoms with Gasteiger partial charge in [0.05, 0.1) is 7.11 Å². The van der Waals surface area contributed by atoms with Crippen LogP contribution in [-0.4, -0.2) is 30.7 Å². The van der Waals surface area contributed by atoms with E-state index in [1.54, 1.807) is 29.8 Å². The minimum atomic E-state index is -0.331. The number of rotatable bonds is 8. The molecule has 6 heteroatoms. The first-order chi connectivity index (χ1) is 12.0. The summed E-state index contributed by atoms with van der Waals surface area (Å²) in [5.74, 6) is 1.18. The van der Waals surface area contributed by atoms with Crippen LogP contribution in [0.25, 0.3) is 0 Å². The van der Waals surface area contributed by atoms with E-state index in [2.05, 4.69) is 28.1 Å². The van der Waals surface area contributed by atoms with Crippen molar-refractivity contribution in [3.05, 3.63) is 58.3 Å². The SMILES string of the molecule is COc1ccc(F)cc1CN(C)C(=O)CCCSc1ccc(Br)cc1. The summed E-state index contributed by atoms with van der Waals surface area (Å²) >= 11 is 5.15. The molecule has 0 fully saturated rings. The van der Waals surface area contributed by atoms with E-state index in [9.17, 15) is 9.18 Å². The zero-order valence-corrected chi connectivity index (χ0v) is 16.7. The predicted octanol–water partition coefficient (Wildman–Crippen LogP) is 5.13. The maximum absolute atomic E-state index is 13.4. The molecule has 0 radical (unpaired) electrons. The van der Waals surface area contributed by atoms with Crippen LogP contribution in [0.4, 0.5) is 4.39 Å². The highest BCUT2D eigenvalue weighted by atomic mass is 79.9. The van der Waals surface area contributed by atoms with Crippen molar-refractivity contribution in [1.82, 2.24) is 4.90 Å². The molecule has 25 heavy (non-hydrogen) atoms. The molecule has 0 aliphatic rings. The molecule has 0 heterocycles. The highest BCUT2D eigenvalue weighted by Crippen LogP contribution is 2.23. The van der Waals surface area contributed by atoms with Gasteiger partial charge < -0.3 is 9.64 Å². The molecule has 2 aromatic carbocycles. The Morgan fingerprint density at radius 3 is 2.64 bits per heavy atom. The molecule has 0 aromatic heterocycles. The molecule has 0 unspecified atom stereocenters. The van der Waals surface area contributed by atoms with Crippen molar-refractivity contribution in [3.63, 3.8) is 0 Å². The summed E-state index contributed by atoms with van der Waals surface area (Å²) in [7, 11) is 3.27. The third-order valence-electron chi connectivity index (χ3n) is 3.69. The third-order valence-corrected chi connectivity index (χ3v) is 5.32. The van der Waals surface area contributed by atoms with E-state index in [0.29, 0.717) is 24.3 Å². The molecular formula is C19H21BrFNO2S. The quantitative estimate of drug-likeness (QED) is 0.433. The van der Waals surface area contributed by atoms with Gasteiger partial charge in [-0.25, -0.2) is 4.39 Å². The van der Waals surface area contributed by atoms with Crippen LogP contribution in [0, 0.1) is 5.82 Å². The number of thioether (sulfide) groups is 1. The number of methoxy groups -OCH3 is 1. The summed E-state index contributed by atoms with van der Waals surface area (Å²) in [6.07, 6.45) is 1.27. The smallest absolute Gasteiger partial charge is 0.222 e. The number of halogens is 2. The van der Waals surface area contributed by atoms with E-state index in [0.717, 1.165) is 16.6 Å². The Morgan fingerprint density at radius 1 is 1.24 bits per heavy atom. The molecule has 0 atom stereocenters. The van der Waals surface area contributed by atoms with Crippen molar-refractivity contribution >= 4 is 33.6 Å². The van der Waals surface area contributed by atoms with E-state index in [1.807, 2.05) is 12.1 Å². The summed E-state index contributed by atoms with van der Waals surface area (Å²) in [6.45, 7) is 0.333. The molecule has 134 valence electrons. The molecule has 0 aliphatic heterocycles. The Balaban J connectivity index is 1.78. The number of carbonyl (C=O) groups excluding carboxylic acids is 1. The summed E-state index contributed by atoms with van der Waals surface area (Å²) in [4.78, 5) is 15.1. The first kappa shape index (κ1) is 19.8. The average Bonchev–Trinajstić information content (AvgIpc) is 2.60. The molecule has 2 rings (SSSR count). The van der Waals surface area contributed by atoms with Crippen molar-refractivity contribution in [3.8, 4) is 5.75 Å². The molecule has 0 N–H and O–H groups in total. The fourth-order valence-electron chi connectivity index (χ4n) is 2.35. The van der Waals surface area contributed by atoms with Crippen LogP contribution < -0.4 is 4.74 Å². The fraction of sp³-hybridized carbons (Fsp3) is 0.316. The van der Waals surface area contributed by atoms with Crippen molar-refractivity contribution in [2.24, 2.45) is 0 Å². The Kier molecular flexibility index (Phi) is 7.78. The van der Waals surface area contributed by atoms with E-state index in [1.165, 1.54) is 24.1 Å². The fourth-order valence-corrected chi connectivity index (χ4v) is 3.47. The van der Waals surface area contributed by atoms with Crippen molar-refractivity contribution in [2.45, 2.75) is 24.3 Å². The molecule has 0 spiro atoms. The third kappa shape index (κ3) is 6.36. The molecule has 3 nitrogen and oxygen atoms in total. The first-order valence-electron chi connectivity index (χ1n) is 7.94. The Bertz CT molecular complexity index is 709. The van der Waals surface area contributed by atoms with Crippen LogP contribution in [0.1, 0.15) is 18.4 Å². The van der Waals surface area contributed by atoms with Gasteiger partial charge in [0, 0.05) is 34.9 Å². The second-order valence-electron chi connectivity index (χ2n) is 5.61. The number of hydrogen-bond acceptors (Lipinski definition) is 3. The van der Waals surface area contributed by atoms with Crippen LogP contribution in [0.2, 0.25) is 0 Å². The van der Waals surface area contributed by atoms with E-state index >= 15 is 0 Å². The first-order valence-corrected chi connectivity index (χ1v) is 9.72. The highest BCUT2D eigenvalue weighted by molar-refractivity contribution is 9.10. The molecule has 0 aliphatic carbocycles. The number of benzene rings is 2. The summed E-state index contributed by atoms with van der Waals surface area (Å²) < 4.78 is 19.7. The van der Waals surface area contributed by atoms with Gasteiger partial charge in [-0.2, -0.15) is 0 Å². The van der Waals surface area contributed by atoms with Crippen LogP contribution in [0.3, 0.4) is 0 Å². The number of nitrogens with zero attached hydrogens (tertiary/aromatic N) is 1. The van der Waals surface area contributed by atoms with Crippen LogP contribution >= 0.6 is 27.7 Å². The molecular weight excluding hydrogens is 405 g/mol. The van der Waals surface area contributed by atoms with Gasteiger partial charge in [-0.1, -0.05) is 15.9 Å². The number of ether oxygens (including phenoxy) is 1. The summed E-state index contributed by atoms with van der Waals surface area (Å²) in [5.41, 5.74) is 0.669. The van der Waals surface area contributed by atoms with E-state index < -0.39 is 0 Å². The predicted molar refractivity (Wildman–Crippen MR) is 104 cm³/mol. The van der Waals surface area contributed by atoms with Crippen molar-refractivity contribution < 1.29 is 13.9 Å². The zero-order chi connectivity index (χ0) is 18.2. The normalized spacial score (nSPS) is 10.6. The van der Waals surface area contributed by atoms with Gasteiger partial charge in [0.1, 0.15) is 11.6 Å². The van der Waals surface area contributed by atoms with Gasteiger partial charge in [0.15, 0.2) is 0 Å². The zero-order valence-electron chi connectivity index (χ0n) is 14.3. The number of amides is 1. The lowest BCUT2D eigenvalue weighted by Crippen LogP contribution is -2.26. The summed E-state index contributed by atoms with van der Waals surface area (Å²) in [6, 6.07) is 12.5. The second kappa shape index (κ2) is 9.82.